The monoisotopic (exact) mass is 630 g/mol. The molecule has 0 heterocycles. The molecule has 0 unspecified atom stereocenters. The van der Waals surface area contributed by atoms with Crippen LogP contribution in [0.1, 0.15) is 27.6 Å². The van der Waals surface area contributed by atoms with Gasteiger partial charge in [-0.05, 0) is 67.6 Å². The minimum absolute atomic E-state index is 0.0592. The van der Waals surface area contributed by atoms with E-state index in [0.29, 0.717) is 4.90 Å². The molecule has 0 fully saturated rings. The highest BCUT2D eigenvalue weighted by Gasteiger charge is 2.55. The highest BCUT2D eigenvalue weighted by molar-refractivity contribution is 8.00. The first kappa shape index (κ1) is 31.9. The Morgan fingerprint density at radius 3 is 1.95 bits per heavy atom. The van der Waals surface area contributed by atoms with Crippen molar-refractivity contribution in [2.45, 2.75) is 38.3 Å². The average Bonchev–Trinajstić information content (AvgIpc) is 2.89. The van der Waals surface area contributed by atoms with E-state index in [4.69, 9.17) is 16.7 Å². The van der Waals surface area contributed by atoms with Gasteiger partial charge in [0.15, 0.2) is 0 Å². The number of carboxylic acid groups (broad SMARTS) is 1. The Morgan fingerprint density at radius 1 is 0.927 bits per heavy atom. The van der Waals surface area contributed by atoms with E-state index in [1.807, 2.05) is 5.32 Å². The molecule has 0 bridgehead atoms. The van der Waals surface area contributed by atoms with E-state index in [9.17, 15) is 41.1 Å². The van der Waals surface area contributed by atoms with E-state index in [1.165, 1.54) is 67.5 Å². The second-order valence-electron chi connectivity index (χ2n) is 8.94. The lowest BCUT2D eigenvalue weighted by atomic mass is 10.1. The highest BCUT2D eigenvalue weighted by atomic mass is 35.5. The first-order valence-corrected chi connectivity index (χ1v) is 14.1. The number of rotatable bonds is 8. The fourth-order valence-electron chi connectivity index (χ4n) is 3.26. The first-order chi connectivity index (χ1) is 18.9. The summed E-state index contributed by atoms with van der Waals surface area (Å²) < 4.78 is 66.9. The fourth-order valence-corrected chi connectivity index (χ4v) is 6.32. The molecule has 0 aliphatic carbocycles. The molecule has 3 aromatic carbocycles. The molecular formula is C26H22ClF3N2O7S2. The van der Waals surface area contributed by atoms with E-state index in [-0.39, 0.29) is 38.6 Å². The van der Waals surface area contributed by atoms with Crippen molar-refractivity contribution in [1.29, 1.82) is 0 Å². The number of carbonyl (C=O) groups is 3. The van der Waals surface area contributed by atoms with Crippen molar-refractivity contribution in [3.8, 4) is 0 Å². The van der Waals surface area contributed by atoms with Gasteiger partial charge in [0.25, 0.3) is 11.8 Å². The van der Waals surface area contributed by atoms with Gasteiger partial charge in [0, 0.05) is 24.6 Å². The Hall–Kier alpha value is -3.59. The molecule has 0 radical (unpaired) electrons. The highest BCUT2D eigenvalue weighted by Crippen LogP contribution is 2.44. The summed E-state index contributed by atoms with van der Waals surface area (Å²) in [5.41, 5.74) is -4.05. The van der Waals surface area contributed by atoms with Gasteiger partial charge in [0.1, 0.15) is 0 Å². The number of amides is 2. The van der Waals surface area contributed by atoms with Crippen molar-refractivity contribution in [1.82, 2.24) is 4.90 Å². The zero-order valence-electron chi connectivity index (χ0n) is 21.5. The molecule has 0 saturated carbocycles. The lowest BCUT2D eigenvalue weighted by Crippen LogP contribution is -2.52. The van der Waals surface area contributed by atoms with E-state index in [2.05, 4.69) is 0 Å². The van der Waals surface area contributed by atoms with Gasteiger partial charge in [-0.2, -0.15) is 13.2 Å². The summed E-state index contributed by atoms with van der Waals surface area (Å²) in [6.07, 6.45) is -5.32. The van der Waals surface area contributed by atoms with Gasteiger partial charge in [0.05, 0.1) is 31.0 Å². The third kappa shape index (κ3) is 6.67. The fraction of sp³-hybridized carbons (Fsp3) is 0.192. The Morgan fingerprint density at radius 2 is 1.46 bits per heavy atom. The standard InChI is InChI=1S/C26H22ClF3N2O7S2/c1-25(37,26(28,29)30)24(36)31-18-12-13-19(21(20(18)27)40-16-8-4-15(5-9-16)23(34)35)41(38,39)17-10-6-14(7-11-17)22(33)32(2)3/h4-13,37H,1-3H3,(H,31,36)(H,34,35)/t25-/m1/s1. The molecule has 0 saturated heterocycles. The second kappa shape index (κ2) is 11.7. The van der Waals surface area contributed by atoms with Crippen LogP contribution in [0.5, 0.6) is 0 Å². The maximum absolute atomic E-state index is 13.7. The molecule has 41 heavy (non-hydrogen) atoms. The topological polar surface area (TPSA) is 141 Å². The Labute approximate surface area is 241 Å². The zero-order valence-corrected chi connectivity index (χ0v) is 23.9. The smallest absolute Gasteiger partial charge is 0.426 e. The van der Waals surface area contributed by atoms with Gasteiger partial charge in [0.2, 0.25) is 15.4 Å². The largest absolute Gasteiger partial charge is 0.478 e. The number of carboxylic acids is 1. The molecule has 1 atom stereocenters. The predicted octanol–water partition coefficient (Wildman–Crippen LogP) is 4.98. The third-order valence-corrected chi connectivity index (χ3v) is 9.31. The Kier molecular flexibility index (Phi) is 9.13. The maximum atomic E-state index is 13.7. The van der Waals surface area contributed by atoms with Crippen LogP contribution in [0.3, 0.4) is 0 Å². The lowest BCUT2D eigenvalue weighted by Gasteiger charge is -2.25. The molecule has 0 aliphatic rings. The van der Waals surface area contributed by atoms with Crippen LogP contribution in [0, 0.1) is 0 Å². The van der Waals surface area contributed by atoms with Crippen LogP contribution >= 0.6 is 23.4 Å². The Balaban J connectivity index is 2.14. The molecule has 15 heteroatoms. The van der Waals surface area contributed by atoms with Crippen molar-refractivity contribution in [3.05, 3.63) is 76.8 Å². The molecule has 9 nitrogen and oxygen atoms in total. The maximum Gasteiger partial charge on any atom is 0.426 e. The number of benzene rings is 3. The van der Waals surface area contributed by atoms with E-state index in [0.717, 1.165) is 23.9 Å². The summed E-state index contributed by atoms with van der Waals surface area (Å²) in [7, 11) is -1.31. The summed E-state index contributed by atoms with van der Waals surface area (Å²) in [4.78, 5) is 36.5. The number of anilines is 1. The number of alkyl halides is 3. The molecule has 3 aromatic rings. The van der Waals surface area contributed by atoms with Crippen molar-refractivity contribution in [3.63, 3.8) is 0 Å². The summed E-state index contributed by atoms with van der Waals surface area (Å²) in [6.45, 7) is 0.249. The number of aromatic carboxylic acids is 1. The molecule has 218 valence electrons. The first-order valence-electron chi connectivity index (χ1n) is 11.4. The normalized spacial score (nSPS) is 13.3. The second-order valence-corrected chi connectivity index (χ2v) is 12.3. The number of hydrogen-bond donors (Lipinski definition) is 3. The van der Waals surface area contributed by atoms with Crippen LogP contribution in [0.25, 0.3) is 0 Å². The van der Waals surface area contributed by atoms with E-state index >= 15 is 0 Å². The number of aliphatic hydroxyl groups is 1. The van der Waals surface area contributed by atoms with Crippen molar-refractivity contribution < 1.29 is 46.2 Å². The Bertz CT molecular complexity index is 1610. The third-order valence-electron chi connectivity index (χ3n) is 5.73. The molecule has 0 aliphatic heterocycles. The number of halogens is 4. The van der Waals surface area contributed by atoms with Crippen LogP contribution in [0.15, 0.2) is 80.2 Å². The molecule has 2 amide bonds. The number of nitrogens with one attached hydrogen (secondary N) is 1. The minimum atomic E-state index is -5.32. The zero-order chi connectivity index (χ0) is 30.9. The van der Waals surface area contributed by atoms with Gasteiger partial charge in [-0.25, -0.2) is 13.2 Å². The molecular weight excluding hydrogens is 609 g/mol. The average molecular weight is 631 g/mol. The summed E-state index contributed by atoms with van der Waals surface area (Å²) >= 11 is 7.19. The van der Waals surface area contributed by atoms with Crippen LogP contribution in [0.2, 0.25) is 5.02 Å². The molecule has 0 aromatic heterocycles. The molecule has 0 spiro atoms. The summed E-state index contributed by atoms with van der Waals surface area (Å²) in [6, 6.07) is 12.2. The van der Waals surface area contributed by atoms with E-state index in [1.54, 1.807) is 0 Å². The van der Waals surface area contributed by atoms with E-state index < -0.39 is 44.2 Å². The van der Waals surface area contributed by atoms with Crippen molar-refractivity contribution in [2.75, 3.05) is 19.4 Å². The van der Waals surface area contributed by atoms with Crippen molar-refractivity contribution >= 4 is 56.7 Å². The minimum Gasteiger partial charge on any atom is -0.478 e. The van der Waals surface area contributed by atoms with Crippen LogP contribution in [-0.4, -0.2) is 67.2 Å². The predicted molar refractivity (Wildman–Crippen MR) is 144 cm³/mol. The van der Waals surface area contributed by atoms with Crippen molar-refractivity contribution in [2.24, 2.45) is 0 Å². The van der Waals surface area contributed by atoms with Crippen LogP contribution in [0.4, 0.5) is 18.9 Å². The van der Waals surface area contributed by atoms with Crippen LogP contribution < -0.4 is 5.32 Å². The number of sulfone groups is 1. The van der Waals surface area contributed by atoms with Gasteiger partial charge < -0.3 is 20.4 Å². The van der Waals surface area contributed by atoms with Gasteiger partial charge in [-0.1, -0.05) is 23.4 Å². The van der Waals surface area contributed by atoms with Gasteiger partial charge >= 0.3 is 12.1 Å². The molecule has 3 N–H and O–H groups in total. The molecule has 3 rings (SSSR count). The van der Waals surface area contributed by atoms with Gasteiger partial charge in [-0.15, -0.1) is 0 Å². The SMILES string of the molecule is CN(C)C(=O)c1ccc(S(=O)(=O)c2ccc(NC(=O)[C@@](C)(O)C(F)(F)F)c(Cl)c2Sc2ccc(C(=O)O)cc2)cc1. The van der Waals surface area contributed by atoms with Gasteiger partial charge in [-0.3, -0.25) is 9.59 Å². The lowest BCUT2D eigenvalue weighted by molar-refractivity contribution is -0.242. The number of carbonyl (C=O) groups excluding carboxylic acids is 2. The summed E-state index contributed by atoms with van der Waals surface area (Å²) in [5.74, 6) is -3.43. The number of nitrogens with zero attached hydrogens (tertiary/aromatic N) is 1. The van der Waals surface area contributed by atoms with Crippen LogP contribution in [-0.2, 0) is 14.6 Å². The quantitative estimate of drug-likeness (QED) is 0.317. The summed E-state index contributed by atoms with van der Waals surface area (Å²) in [5, 5.41) is 20.3. The number of hydrogen-bond acceptors (Lipinski definition) is 7.